The zero-order chi connectivity index (χ0) is 23.3. The molecule has 0 spiro atoms. The fourth-order valence-electron chi connectivity index (χ4n) is 3.35. The molecule has 32 heavy (non-hydrogen) atoms. The van der Waals surface area contributed by atoms with Crippen LogP contribution in [0.1, 0.15) is 25.0 Å². The van der Waals surface area contributed by atoms with E-state index in [1.807, 2.05) is 0 Å². The van der Waals surface area contributed by atoms with Crippen LogP contribution < -0.4 is 10.5 Å². The molecule has 0 saturated carbocycles. The van der Waals surface area contributed by atoms with Gasteiger partial charge in [0.2, 0.25) is 11.8 Å². The van der Waals surface area contributed by atoms with E-state index in [0.29, 0.717) is 37.2 Å². The second-order valence-corrected chi connectivity index (χ2v) is 8.37. The Hall–Kier alpha value is -2.82. The van der Waals surface area contributed by atoms with E-state index < -0.39 is 11.9 Å². The van der Waals surface area contributed by atoms with Crippen molar-refractivity contribution in [3.63, 3.8) is 0 Å². The van der Waals surface area contributed by atoms with E-state index in [0.717, 1.165) is 17.8 Å². The van der Waals surface area contributed by atoms with E-state index in [1.54, 1.807) is 29.2 Å². The van der Waals surface area contributed by atoms with Crippen LogP contribution >= 0.6 is 11.8 Å². The third-order valence-electron chi connectivity index (χ3n) is 5.18. The van der Waals surface area contributed by atoms with Gasteiger partial charge in [-0.1, -0.05) is 11.8 Å². The number of rotatable bonds is 7. The number of nitrogens with two attached hydrogens (primary N) is 1. The van der Waals surface area contributed by atoms with Crippen molar-refractivity contribution in [2.24, 2.45) is 11.7 Å². The molecule has 3 rings (SSSR count). The molecule has 0 unspecified atom stereocenters. The number of methoxy groups -OCH3 is 1. The van der Waals surface area contributed by atoms with Crippen LogP contribution in [0.3, 0.4) is 0 Å². The summed E-state index contributed by atoms with van der Waals surface area (Å²) in [7, 11) is 1.50. The van der Waals surface area contributed by atoms with Gasteiger partial charge in [0.05, 0.1) is 12.8 Å². The van der Waals surface area contributed by atoms with E-state index in [2.05, 4.69) is 9.97 Å². The van der Waals surface area contributed by atoms with Crippen molar-refractivity contribution < 1.29 is 27.5 Å². The van der Waals surface area contributed by atoms with Gasteiger partial charge >= 0.3 is 6.18 Å². The van der Waals surface area contributed by atoms with Crippen LogP contribution in [-0.2, 0) is 15.8 Å². The van der Waals surface area contributed by atoms with Gasteiger partial charge in [-0.2, -0.15) is 13.2 Å². The monoisotopic (exact) mass is 468 g/mol. The second-order valence-electron chi connectivity index (χ2n) is 7.30. The maximum Gasteiger partial charge on any atom is 0.433 e. The molecule has 2 N–H and O–H groups in total. The lowest BCUT2D eigenvalue weighted by Gasteiger charge is -2.30. The fraction of sp³-hybridized carbons (Fsp3) is 0.429. The number of carbonyl (C=O) groups is 2. The quantitative estimate of drug-likeness (QED) is 0.494. The third-order valence-corrected chi connectivity index (χ3v) is 6.03. The molecule has 11 heteroatoms. The predicted molar refractivity (Wildman–Crippen MR) is 113 cm³/mol. The van der Waals surface area contributed by atoms with Gasteiger partial charge in [0, 0.05) is 36.7 Å². The number of hydrogen-bond acceptors (Lipinski definition) is 6. The Bertz CT molecular complexity index is 962. The largest absolute Gasteiger partial charge is 0.497 e. The van der Waals surface area contributed by atoms with E-state index >= 15 is 0 Å². The highest BCUT2D eigenvalue weighted by atomic mass is 32.2. The average molecular weight is 469 g/mol. The summed E-state index contributed by atoms with van der Waals surface area (Å²) in [6.07, 6.45) is -3.45. The lowest BCUT2D eigenvalue weighted by Crippen LogP contribution is -2.41. The van der Waals surface area contributed by atoms with E-state index in [4.69, 9.17) is 10.5 Å². The Morgan fingerprint density at radius 2 is 1.84 bits per heavy atom. The summed E-state index contributed by atoms with van der Waals surface area (Å²) >= 11 is 0.996. The van der Waals surface area contributed by atoms with Crippen LogP contribution in [0, 0.1) is 5.92 Å². The molecule has 1 aliphatic heterocycles. The number of hydrogen-bond donors (Lipinski definition) is 1. The Labute approximate surface area is 187 Å². The van der Waals surface area contributed by atoms with Gasteiger partial charge < -0.3 is 15.4 Å². The number of nitrogens with zero attached hydrogens (tertiary/aromatic N) is 3. The number of alkyl halides is 3. The number of amides is 2. The molecule has 1 aromatic carbocycles. The van der Waals surface area contributed by atoms with E-state index in [9.17, 15) is 22.8 Å². The van der Waals surface area contributed by atoms with Crippen LogP contribution in [0.4, 0.5) is 13.2 Å². The Morgan fingerprint density at radius 1 is 1.19 bits per heavy atom. The minimum absolute atomic E-state index is 0.0501. The highest BCUT2D eigenvalue weighted by Crippen LogP contribution is 2.32. The second kappa shape index (κ2) is 10.2. The molecule has 2 heterocycles. The first-order chi connectivity index (χ1) is 15.2. The summed E-state index contributed by atoms with van der Waals surface area (Å²) < 4.78 is 45.1. The highest BCUT2D eigenvalue weighted by molar-refractivity contribution is 7.99. The van der Waals surface area contributed by atoms with Gasteiger partial charge in [-0.3, -0.25) is 9.59 Å². The lowest BCUT2D eigenvalue weighted by atomic mass is 9.96. The third kappa shape index (κ3) is 6.12. The summed E-state index contributed by atoms with van der Waals surface area (Å²) in [6, 6.07) is 7.42. The van der Waals surface area contributed by atoms with Gasteiger partial charge in [0.1, 0.15) is 11.4 Å². The molecular formula is C21H23F3N4O3S. The number of piperidine rings is 1. The number of aromatic nitrogens is 2. The van der Waals surface area contributed by atoms with Crippen molar-refractivity contribution in [1.82, 2.24) is 14.9 Å². The van der Waals surface area contributed by atoms with Crippen molar-refractivity contribution in [3.8, 4) is 17.0 Å². The number of primary amides is 1. The predicted octanol–water partition coefficient (Wildman–Crippen LogP) is 3.38. The molecule has 0 aliphatic carbocycles. The van der Waals surface area contributed by atoms with Gasteiger partial charge in [0.25, 0.3) is 0 Å². The Morgan fingerprint density at radius 3 is 2.41 bits per heavy atom. The molecule has 2 amide bonds. The summed E-state index contributed by atoms with van der Waals surface area (Å²) in [5, 5.41) is -0.0501. The molecule has 172 valence electrons. The van der Waals surface area contributed by atoms with E-state index in [-0.39, 0.29) is 40.8 Å². The van der Waals surface area contributed by atoms with Crippen molar-refractivity contribution in [2.45, 2.75) is 30.6 Å². The Balaban J connectivity index is 1.66. The first kappa shape index (κ1) is 23.8. The molecule has 1 saturated heterocycles. The number of halogens is 3. The zero-order valence-corrected chi connectivity index (χ0v) is 18.2. The molecule has 0 radical (unpaired) electrons. The maximum absolute atomic E-state index is 13.4. The summed E-state index contributed by atoms with van der Waals surface area (Å²) in [6.45, 7) is 0.886. The number of likely N-dealkylation sites (tertiary alicyclic amines) is 1. The summed E-state index contributed by atoms with van der Waals surface area (Å²) in [5.41, 5.74) is 4.89. The first-order valence-corrected chi connectivity index (χ1v) is 11.0. The standard InChI is InChI=1S/C21H23F3N4O3S/c1-31-15-4-2-13(3-5-15)16-12-17(21(22,23)24)27-20(26-16)32-11-8-18(29)28-9-6-14(7-10-28)19(25)30/h2-5,12,14H,6-11H2,1H3,(H2,25,30). The molecular weight excluding hydrogens is 445 g/mol. The number of carbonyl (C=O) groups excluding carboxylic acids is 2. The maximum atomic E-state index is 13.4. The molecule has 7 nitrogen and oxygen atoms in total. The SMILES string of the molecule is COc1ccc(-c2cc(C(F)(F)F)nc(SCCC(=O)N3CCC(C(N)=O)CC3)n2)cc1. The minimum atomic E-state index is -4.62. The van der Waals surface area contributed by atoms with E-state index in [1.165, 1.54) is 7.11 Å². The number of benzene rings is 1. The van der Waals surface area contributed by atoms with Crippen molar-refractivity contribution in [1.29, 1.82) is 0 Å². The van der Waals surface area contributed by atoms with Gasteiger partial charge in [-0.25, -0.2) is 9.97 Å². The van der Waals surface area contributed by atoms with Crippen LogP contribution in [0.2, 0.25) is 0 Å². The van der Waals surface area contributed by atoms with Crippen LogP contribution in [-0.4, -0.2) is 52.6 Å². The van der Waals surface area contributed by atoms with Crippen molar-refractivity contribution in [2.75, 3.05) is 26.0 Å². The van der Waals surface area contributed by atoms with Crippen molar-refractivity contribution >= 4 is 23.6 Å². The van der Waals surface area contributed by atoms with Crippen LogP contribution in [0.25, 0.3) is 11.3 Å². The smallest absolute Gasteiger partial charge is 0.433 e. The molecule has 1 aliphatic rings. The van der Waals surface area contributed by atoms with Gasteiger partial charge in [-0.15, -0.1) is 0 Å². The first-order valence-electron chi connectivity index (χ1n) is 9.98. The molecule has 2 aromatic rings. The molecule has 0 bridgehead atoms. The lowest BCUT2D eigenvalue weighted by molar-refractivity contribution is -0.141. The normalized spacial score (nSPS) is 14.9. The minimum Gasteiger partial charge on any atom is -0.497 e. The topological polar surface area (TPSA) is 98.4 Å². The summed E-state index contributed by atoms with van der Waals surface area (Å²) in [4.78, 5) is 33.2. The average Bonchev–Trinajstić information content (AvgIpc) is 2.78. The van der Waals surface area contributed by atoms with Gasteiger partial charge in [0.15, 0.2) is 5.16 Å². The zero-order valence-electron chi connectivity index (χ0n) is 17.4. The molecule has 1 aromatic heterocycles. The Kier molecular flexibility index (Phi) is 7.60. The number of ether oxygens (including phenoxy) is 1. The van der Waals surface area contributed by atoms with Crippen LogP contribution in [0.5, 0.6) is 5.75 Å². The number of thioether (sulfide) groups is 1. The summed E-state index contributed by atoms with van der Waals surface area (Å²) in [5.74, 6) is 0.109. The highest BCUT2D eigenvalue weighted by Gasteiger charge is 2.34. The molecule has 1 fully saturated rings. The fourth-order valence-corrected chi connectivity index (χ4v) is 4.13. The van der Waals surface area contributed by atoms with Crippen molar-refractivity contribution in [3.05, 3.63) is 36.0 Å². The molecule has 0 atom stereocenters. The van der Waals surface area contributed by atoms with Gasteiger partial charge in [-0.05, 0) is 43.2 Å². The van der Waals surface area contributed by atoms with Crippen LogP contribution in [0.15, 0.2) is 35.5 Å².